The zero-order valence-corrected chi connectivity index (χ0v) is 14.5. The lowest BCUT2D eigenvalue weighted by atomic mass is 9.95. The second kappa shape index (κ2) is 6.10. The van der Waals surface area contributed by atoms with E-state index in [1.807, 2.05) is 26.0 Å². The van der Waals surface area contributed by atoms with Crippen molar-refractivity contribution in [3.8, 4) is 6.07 Å². The van der Waals surface area contributed by atoms with E-state index >= 15 is 0 Å². The van der Waals surface area contributed by atoms with Gasteiger partial charge >= 0.3 is 0 Å². The van der Waals surface area contributed by atoms with Crippen LogP contribution in [0.4, 0.5) is 0 Å². The molecular formula is C19H18N2O4. The molecule has 0 aromatic carbocycles. The Labute approximate surface area is 145 Å². The molecule has 2 amide bonds. The highest BCUT2D eigenvalue weighted by Gasteiger charge is 2.34. The predicted molar refractivity (Wildman–Crippen MR) is 91.3 cm³/mol. The molecule has 1 aliphatic heterocycles. The first-order valence-electron chi connectivity index (χ1n) is 8.09. The van der Waals surface area contributed by atoms with Gasteiger partial charge in [0.05, 0.1) is 0 Å². The Balaban J connectivity index is 2.08. The van der Waals surface area contributed by atoms with Crippen LogP contribution in [0.2, 0.25) is 0 Å². The molecule has 6 nitrogen and oxygen atoms in total. The summed E-state index contributed by atoms with van der Waals surface area (Å²) >= 11 is 0. The van der Waals surface area contributed by atoms with E-state index in [0.717, 1.165) is 10.7 Å². The molecule has 1 aliphatic rings. The molecule has 3 heterocycles. The predicted octanol–water partition coefficient (Wildman–Crippen LogP) is 3.76. The van der Waals surface area contributed by atoms with E-state index in [-0.39, 0.29) is 23.6 Å². The largest absolute Gasteiger partial charge is 0.457 e. The average Bonchev–Trinajstić information content (AvgIpc) is 3.11. The number of hydrogen-bond acceptors (Lipinski definition) is 5. The zero-order chi connectivity index (χ0) is 18.3. The number of fused-ring (bicyclic) bond motifs is 1. The van der Waals surface area contributed by atoms with E-state index in [1.165, 1.54) is 0 Å². The van der Waals surface area contributed by atoms with Crippen molar-refractivity contribution in [3.05, 3.63) is 40.4 Å². The number of carbonyl (C=O) groups is 2. The molecule has 2 aromatic rings. The van der Waals surface area contributed by atoms with Crippen LogP contribution in [-0.4, -0.2) is 23.3 Å². The fourth-order valence-corrected chi connectivity index (χ4v) is 2.79. The molecule has 128 valence electrons. The maximum absolute atomic E-state index is 12.6. The van der Waals surface area contributed by atoms with Crippen molar-refractivity contribution in [2.75, 3.05) is 6.54 Å². The highest BCUT2D eigenvalue weighted by atomic mass is 16.4. The molecule has 3 rings (SSSR count). The number of rotatable bonds is 3. The van der Waals surface area contributed by atoms with Crippen molar-refractivity contribution in [2.45, 2.75) is 33.6 Å². The van der Waals surface area contributed by atoms with Crippen molar-refractivity contribution >= 4 is 29.1 Å². The average molecular weight is 338 g/mol. The van der Waals surface area contributed by atoms with E-state index in [2.05, 4.69) is 0 Å². The number of nitrogens with zero attached hydrogens (tertiary/aromatic N) is 2. The molecule has 6 heteroatoms. The summed E-state index contributed by atoms with van der Waals surface area (Å²) in [5, 5.41) is 9.25. The first-order valence-corrected chi connectivity index (χ1v) is 8.09. The summed E-state index contributed by atoms with van der Waals surface area (Å²) in [7, 11) is 0. The van der Waals surface area contributed by atoms with Crippen molar-refractivity contribution in [1.82, 2.24) is 4.90 Å². The normalized spacial score (nSPS) is 17.3. The number of nitriles is 1. The molecule has 0 saturated heterocycles. The van der Waals surface area contributed by atoms with Crippen LogP contribution in [-0.2, 0) is 9.59 Å². The van der Waals surface area contributed by atoms with Gasteiger partial charge in [0.15, 0.2) is 11.2 Å². The highest BCUT2D eigenvalue weighted by molar-refractivity contribution is 6.19. The monoisotopic (exact) mass is 338 g/mol. The van der Waals surface area contributed by atoms with Crippen LogP contribution in [0.15, 0.2) is 37.7 Å². The molecule has 25 heavy (non-hydrogen) atoms. The van der Waals surface area contributed by atoms with Gasteiger partial charge in [0.2, 0.25) is 0 Å². The summed E-state index contributed by atoms with van der Waals surface area (Å²) in [5.41, 5.74) is 1.82. The Kier molecular flexibility index (Phi) is 4.09. The first-order chi connectivity index (χ1) is 11.9. The standard InChI is InChI=1S/C19H18N2O4/c1-5-21-18(22)13(11(4)14(9-20)19(21)23)6-12-7-16-17(24-12)8-15(25-16)10(2)3/h6-8,10H,5H2,1-4H3/b13-6-. The third-order valence-electron chi connectivity index (χ3n) is 4.24. The van der Waals surface area contributed by atoms with Gasteiger partial charge < -0.3 is 8.83 Å². The van der Waals surface area contributed by atoms with Gasteiger partial charge in [0, 0.05) is 30.2 Å². The van der Waals surface area contributed by atoms with Gasteiger partial charge in [-0.3, -0.25) is 14.5 Å². The van der Waals surface area contributed by atoms with Crippen LogP contribution in [0.25, 0.3) is 17.2 Å². The number of imide groups is 1. The number of carbonyl (C=O) groups excluding carboxylic acids is 2. The van der Waals surface area contributed by atoms with Crippen LogP contribution in [0.5, 0.6) is 0 Å². The Morgan fingerprint density at radius 1 is 1.20 bits per heavy atom. The van der Waals surface area contributed by atoms with Crippen molar-refractivity contribution in [2.24, 2.45) is 0 Å². The van der Waals surface area contributed by atoms with Gasteiger partial charge in [-0.2, -0.15) is 5.26 Å². The summed E-state index contributed by atoms with van der Waals surface area (Å²) in [5.74, 6) is 0.526. The van der Waals surface area contributed by atoms with Crippen molar-refractivity contribution < 1.29 is 18.4 Å². The van der Waals surface area contributed by atoms with Crippen LogP contribution < -0.4 is 0 Å². The Morgan fingerprint density at radius 3 is 2.44 bits per heavy atom. The number of hydrogen-bond donors (Lipinski definition) is 0. The fourth-order valence-electron chi connectivity index (χ4n) is 2.79. The summed E-state index contributed by atoms with van der Waals surface area (Å²) < 4.78 is 11.4. The fraction of sp³-hybridized carbons (Fsp3) is 0.316. The maximum Gasteiger partial charge on any atom is 0.271 e. The van der Waals surface area contributed by atoms with Crippen LogP contribution >= 0.6 is 0 Å². The van der Waals surface area contributed by atoms with E-state index in [0.29, 0.717) is 22.5 Å². The summed E-state index contributed by atoms with van der Waals surface area (Å²) in [6, 6.07) is 5.42. The van der Waals surface area contributed by atoms with Gasteiger partial charge in [-0.1, -0.05) is 13.8 Å². The zero-order valence-electron chi connectivity index (χ0n) is 14.5. The Bertz CT molecular complexity index is 947. The lowest BCUT2D eigenvalue weighted by molar-refractivity contribution is -0.140. The lowest BCUT2D eigenvalue weighted by Crippen LogP contribution is -2.42. The number of furan rings is 2. The minimum Gasteiger partial charge on any atom is -0.457 e. The molecule has 0 atom stereocenters. The molecular weight excluding hydrogens is 320 g/mol. The third kappa shape index (κ3) is 2.68. The smallest absolute Gasteiger partial charge is 0.271 e. The molecule has 0 bridgehead atoms. The van der Waals surface area contributed by atoms with Gasteiger partial charge in [-0.05, 0) is 25.5 Å². The van der Waals surface area contributed by atoms with E-state index < -0.39 is 11.8 Å². The minimum absolute atomic E-state index is 0.0231. The van der Waals surface area contributed by atoms with E-state index in [9.17, 15) is 14.9 Å². The highest BCUT2D eigenvalue weighted by Crippen LogP contribution is 2.31. The van der Waals surface area contributed by atoms with Gasteiger partial charge in [0.25, 0.3) is 11.8 Å². The molecule has 0 aliphatic carbocycles. The van der Waals surface area contributed by atoms with Crippen molar-refractivity contribution in [1.29, 1.82) is 5.26 Å². The second-order valence-corrected chi connectivity index (χ2v) is 6.21. The van der Waals surface area contributed by atoms with Gasteiger partial charge in [0.1, 0.15) is 23.2 Å². The van der Waals surface area contributed by atoms with Gasteiger partial charge in [-0.25, -0.2) is 0 Å². The Hall–Kier alpha value is -3.07. The molecule has 0 radical (unpaired) electrons. The van der Waals surface area contributed by atoms with E-state index in [1.54, 1.807) is 26.0 Å². The Morgan fingerprint density at radius 2 is 1.88 bits per heavy atom. The molecule has 0 spiro atoms. The van der Waals surface area contributed by atoms with Crippen molar-refractivity contribution in [3.63, 3.8) is 0 Å². The summed E-state index contributed by atoms with van der Waals surface area (Å²) in [6.45, 7) is 7.53. The molecule has 0 N–H and O–H groups in total. The number of amides is 2. The van der Waals surface area contributed by atoms with E-state index in [4.69, 9.17) is 8.83 Å². The molecule has 0 unspecified atom stereocenters. The quantitative estimate of drug-likeness (QED) is 0.628. The molecule has 0 saturated carbocycles. The van der Waals surface area contributed by atoms with Crippen LogP contribution in [0, 0.1) is 11.3 Å². The second-order valence-electron chi connectivity index (χ2n) is 6.21. The topological polar surface area (TPSA) is 87.4 Å². The molecule has 2 aromatic heterocycles. The lowest BCUT2D eigenvalue weighted by Gasteiger charge is -2.25. The SMILES string of the molecule is CCN1C(=O)C(C#N)=C(C)/C(=C/c2cc3oc(C(C)C)cc3o2)C1=O. The van der Waals surface area contributed by atoms with Crippen LogP contribution in [0.3, 0.4) is 0 Å². The first kappa shape index (κ1) is 16.8. The molecule has 0 fully saturated rings. The minimum atomic E-state index is -0.556. The number of likely N-dealkylation sites (N-methyl/N-ethyl adjacent to an activating group) is 1. The van der Waals surface area contributed by atoms with Crippen LogP contribution in [0.1, 0.15) is 45.1 Å². The third-order valence-corrected chi connectivity index (χ3v) is 4.24. The maximum atomic E-state index is 12.6. The summed E-state index contributed by atoms with van der Waals surface area (Å²) in [4.78, 5) is 25.8. The summed E-state index contributed by atoms with van der Waals surface area (Å²) in [6.07, 6.45) is 1.55. The van der Waals surface area contributed by atoms with Gasteiger partial charge in [-0.15, -0.1) is 0 Å².